The molecule has 2 aliphatic carbocycles. The summed E-state index contributed by atoms with van der Waals surface area (Å²) in [7, 11) is 0. The number of rotatable bonds is 6. The number of hydrogen-bond acceptors (Lipinski definition) is 2. The van der Waals surface area contributed by atoms with Crippen LogP contribution in [0.5, 0.6) is 0 Å². The lowest BCUT2D eigenvalue weighted by Crippen LogP contribution is -2.32. The van der Waals surface area contributed by atoms with Gasteiger partial charge in [0.1, 0.15) is 0 Å². The van der Waals surface area contributed by atoms with Crippen molar-refractivity contribution in [2.45, 2.75) is 19.3 Å². The number of allylic oxidation sites excluding steroid dienone is 8. The normalized spacial score (nSPS) is 17.5. The van der Waals surface area contributed by atoms with E-state index in [1.165, 1.54) is 0 Å². The third-order valence-electron chi connectivity index (χ3n) is 3.90. The van der Waals surface area contributed by atoms with Crippen molar-refractivity contribution < 1.29 is 15.0 Å². The van der Waals surface area contributed by atoms with Gasteiger partial charge in [-0.05, 0) is 19.3 Å². The minimum atomic E-state index is -1.01. The standard InChI is InChI=1S/C16H18O3/c1-12(15(18)19)16(10-11-17,13-6-2-3-7-13)14-8-4-5-9-14/h2-6,8,17H,1,7,9-11H2,(H,18,19). The van der Waals surface area contributed by atoms with Gasteiger partial charge in [0.2, 0.25) is 0 Å². The average molecular weight is 258 g/mol. The number of carboxylic acids is 1. The molecule has 3 nitrogen and oxygen atoms in total. The Hall–Kier alpha value is -1.87. The first-order valence-electron chi connectivity index (χ1n) is 6.39. The molecule has 0 aromatic carbocycles. The van der Waals surface area contributed by atoms with E-state index in [0.29, 0.717) is 19.3 Å². The summed E-state index contributed by atoms with van der Waals surface area (Å²) in [6.07, 6.45) is 13.5. The Kier molecular flexibility index (Phi) is 3.86. The zero-order valence-corrected chi connectivity index (χ0v) is 10.8. The Balaban J connectivity index is 2.50. The van der Waals surface area contributed by atoms with Crippen molar-refractivity contribution in [1.82, 2.24) is 0 Å². The summed E-state index contributed by atoms with van der Waals surface area (Å²) in [6.45, 7) is 3.72. The van der Waals surface area contributed by atoms with Gasteiger partial charge in [-0.3, -0.25) is 0 Å². The SMILES string of the molecule is C=C(C(=O)O)C(CCO)(C1=CC=CC1)C1=CC=CC1. The monoisotopic (exact) mass is 258 g/mol. The van der Waals surface area contributed by atoms with Gasteiger partial charge < -0.3 is 10.2 Å². The van der Waals surface area contributed by atoms with Crippen LogP contribution in [0.25, 0.3) is 0 Å². The second-order valence-corrected chi connectivity index (χ2v) is 4.81. The highest BCUT2D eigenvalue weighted by Crippen LogP contribution is 2.50. The lowest BCUT2D eigenvalue weighted by molar-refractivity contribution is -0.133. The smallest absolute Gasteiger partial charge is 0.332 e. The minimum absolute atomic E-state index is 0.0685. The fraction of sp³-hybridized carbons (Fsp3) is 0.312. The topological polar surface area (TPSA) is 57.5 Å². The summed E-state index contributed by atoms with van der Waals surface area (Å²) in [6, 6.07) is 0. The molecule has 2 N–H and O–H groups in total. The van der Waals surface area contributed by atoms with Crippen molar-refractivity contribution in [1.29, 1.82) is 0 Å². The van der Waals surface area contributed by atoms with Crippen LogP contribution >= 0.6 is 0 Å². The summed E-state index contributed by atoms with van der Waals surface area (Å²) < 4.78 is 0. The van der Waals surface area contributed by atoms with Crippen LogP contribution in [0.2, 0.25) is 0 Å². The molecule has 0 aromatic rings. The Labute approximate surface area is 113 Å². The molecule has 2 aliphatic rings. The van der Waals surface area contributed by atoms with Crippen LogP contribution in [0.3, 0.4) is 0 Å². The molecule has 0 saturated carbocycles. The minimum Gasteiger partial charge on any atom is -0.478 e. The highest BCUT2D eigenvalue weighted by Gasteiger charge is 2.42. The van der Waals surface area contributed by atoms with Crippen molar-refractivity contribution in [3.8, 4) is 0 Å². The molecule has 0 spiro atoms. The number of aliphatic carboxylic acids is 1. The maximum atomic E-state index is 11.5. The lowest BCUT2D eigenvalue weighted by Gasteiger charge is -2.37. The molecule has 0 aromatic heterocycles. The number of carbonyl (C=O) groups is 1. The molecule has 0 bridgehead atoms. The molecule has 100 valence electrons. The Morgan fingerprint density at radius 2 is 1.74 bits per heavy atom. The van der Waals surface area contributed by atoms with E-state index in [4.69, 9.17) is 0 Å². The molecular formula is C16H18O3. The maximum absolute atomic E-state index is 11.5. The first-order valence-corrected chi connectivity index (χ1v) is 6.39. The van der Waals surface area contributed by atoms with Crippen LogP contribution in [0, 0.1) is 5.41 Å². The average Bonchev–Trinajstić information content (AvgIpc) is 3.07. The summed E-state index contributed by atoms with van der Waals surface area (Å²) in [4.78, 5) is 11.5. The highest BCUT2D eigenvalue weighted by molar-refractivity contribution is 5.89. The lowest BCUT2D eigenvalue weighted by atomic mass is 9.65. The largest absolute Gasteiger partial charge is 0.478 e. The van der Waals surface area contributed by atoms with Crippen LogP contribution < -0.4 is 0 Å². The van der Waals surface area contributed by atoms with Gasteiger partial charge in [-0.25, -0.2) is 4.79 Å². The first-order chi connectivity index (χ1) is 9.13. The molecule has 19 heavy (non-hydrogen) atoms. The summed E-state index contributed by atoms with van der Waals surface area (Å²) in [5.41, 5.74) is 1.40. The van der Waals surface area contributed by atoms with E-state index < -0.39 is 11.4 Å². The van der Waals surface area contributed by atoms with Gasteiger partial charge in [0.15, 0.2) is 0 Å². The quantitative estimate of drug-likeness (QED) is 0.720. The molecule has 0 fully saturated rings. The Morgan fingerprint density at radius 1 is 1.21 bits per heavy atom. The molecule has 3 heteroatoms. The molecule has 2 rings (SSSR count). The third kappa shape index (κ3) is 2.22. The molecule has 0 saturated heterocycles. The molecule has 0 heterocycles. The fourth-order valence-corrected chi connectivity index (χ4v) is 2.94. The zero-order chi connectivity index (χ0) is 13.9. The third-order valence-corrected chi connectivity index (χ3v) is 3.90. The van der Waals surface area contributed by atoms with Gasteiger partial charge in [-0.1, -0.05) is 54.2 Å². The maximum Gasteiger partial charge on any atom is 0.332 e. The van der Waals surface area contributed by atoms with Gasteiger partial charge in [0.25, 0.3) is 0 Å². The Bertz CT molecular complexity index is 483. The predicted octanol–water partition coefficient (Wildman–Crippen LogP) is 2.77. The van der Waals surface area contributed by atoms with Crippen LogP contribution in [0.15, 0.2) is 59.8 Å². The van der Waals surface area contributed by atoms with E-state index in [1.807, 2.05) is 36.5 Å². The zero-order valence-electron chi connectivity index (χ0n) is 10.8. The van der Waals surface area contributed by atoms with Gasteiger partial charge in [-0.15, -0.1) is 0 Å². The Morgan fingerprint density at radius 3 is 2.05 bits per heavy atom. The van der Waals surface area contributed by atoms with Crippen molar-refractivity contribution in [3.05, 3.63) is 59.8 Å². The fourth-order valence-electron chi connectivity index (χ4n) is 2.94. The molecule has 0 atom stereocenters. The van der Waals surface area contributed by atoms with E-state index >= 15 is 0 Å². The molecule has 0 aliphatic heterocycles. The first kappa shape index (κ1) is 13.6. The predicted molar refractivity (Wildman–Crippen MR) is 74.6 cm³/mol. The van der Waals surface area contributed by atoms with Crippen molar-refractivity contribution in [2.24, 2.45) is 5.41 Å². The second-order valence-electron chi connectivity index (χ2n) is 4.81. The summed E-state index contributed by atoms with van der Waals surface area (Å²) in [5, 5.41) is 18.8. The summed E-state index contributed by atoms with van der Waals surface area (Å²) >= 11 is 0. The summed E-state index contributed by atoms with van der Waals surface area (Å²) in [5.74, 6) is -1.01. The van der Waals surface area contributed by atoms with Crippen LogP contribution in [0.4, 0.5) is 0 Å². The van der Waals surface area contributed by atoms with E-state index in [2.05, 4.69) is 6.58 Å². The van der Waals surface area contributed by atoms with E-state index in [-0.39, 0.29) is 12.2 Å². The number of aliphatic hydroxyl groups excluding tert-OH is 1. The van der Waals surface area contributed by atoms with E-state index in [9.17, 15) is 15.0 Å². The molecular weight excluding hydrogens is 240 g/mol. The van der Waals surface area contributed by atoms with E-state index in [1.54, 1.807) is 0 Å². The highest BCUT2D eigenvalue weighted by atomic mass is 16.4. The number of carboxylic acid groups (broad SMARTS) is 1. The number of aliphatic hydroxyl groups is 1. The molecule has 0 radical (unpaired) electrons. The van der Waals surface area contributed by atoms with Crippen molar-refractivity contribution >= 4 is 5.97 Å². The number of hydrogen-bond donors (Lipinski definition) is 2. The van der Waals surface area contributed by atoms with Gasteiger partial charge >= 0.3 is 5.97 Å². The van der Waals surface area contributed by atoms with Crippen molar-refractivity contribution in [3.63, 3.8) is 0 Å². The second kappa shape index (κ2) is 5.41. The van der Waals surface area contributed by atoms with Crippen molar-refractivity contribution in [2.75, 3.05) is 6.61 Å². The van der Waals surface area contributed by atoms with E-state index in [0.717, 1.165) is 11.1 Å². The molecule has 0 unspecified atom stereocenters. The van der Waals surface area contributed by atoms with Gasteiger partial charge in [-0.2, -0.15) is 0 Å². The van der Waals surface area contributed by atoms with Crippen LogP contribution in [-0.2, 0) is 4.79 Å². The van der Waals surface area contributed by atoms with Gasteiger partial charge in [0.05, 0.1) is 0 Å². The van der Waals surface area contributed by atoms with Gasteiger partial charge in [0, 0.05) is 17.6 Å². The van der Waals surface area contributed by atoms with Crippen LogP contribution in [-0.4, -0.2) is 22.8 Å². The molecule has 0 amide bonds. The van der Waals surface area contributed by atoms with Crippen LogP contribution in [0.1, 0.15) is 19.3 Å².